The first kappa shape index (κ1) is 20.4. The van der Waals surface area contributed by atoms with Crippen LogP contribution in [0, 0.1) is 19.7 Å². The van der Waals surface area contributed by atoms with Gasteiger partial charge in [0.05, 0.1) is 36.8 Å². The van der Waals surface area contributed by atoms with Gasteiger partial charge in [-0.25, -0.2) is 12.8 Å². The molecular formula is C20H25FN3O3S+. The van der Waals surface area contributed by atoms with Crippen molar-refractivity contribution in [1.29, 1.82) is 0 Å². The number of carbonyl (C=O) groups is 1. The Kier molecular flexibility index (Phi) is 6.12. The molecule has 0 bridgehead atoms. The van der Waals surface area contributed by atoms with Gasteiger partial charge < -0.3 is 10.2 Å². The second-order valence-corrected chi connectivity index (χ2v) is 9.04. The van der Waals surface area contributed by atoms with Crippen LogP contribution < -0.4 is 10.2 Å². The molecule has 1 saturated heterocycles. The molecule has 0 spiro atoms. The zero-order chi connectivity index (χ0) is 20.3. The van der Waals surface area contributed by atoms with Crippen molar-refractivity contribution in [3.63, 3.8) is 0 Å². The molecule has 1 heterocycles. The first-order valence-corrected chi connectivity index (χ1v) is 10.7. The number of hydrogen-bond donors (Lipinski definition) is 2. The Morgan fingerprint density at radius 3 is 2.43 bits per heavy atom. The fourth-order valence-electron chi connectivity index (χ4n) is 3.23. The molecule has 0 radical (unpaired) electrons. The van der Waals surface area contributed by atoms with Gasteiger partial charge in [-0.15, -0.1) is 0 Å². The number of benzene rings is 2. The zero-order valence-corrected chi connectivity index (χ0v) is 16.9. The largest absolute Gasteiger partial charge is 0.325 e. The number of amides is 1. The van der Waals surface area contributed by atoms with Crippen LogP contribution in [0.1, 0.15) is 11.1 Å². The number of hydrogen-bond acceptors (Lipinski definition) is 3. The Bertz CT molecular complexity index is 970. The third-order valence-corrected chi connectivity index (χ3v) is 7.00. The number of sulfonamides is 1. The standard InChI is InChI=1S/C20H24FN3O3S/c1-15-7-8-17(13-16(15)2)28(26,27)24-11-9-23(10-12-24)14-20(25)22-19-6-4-3-5-18(19)21/h3-8,13H,9-12,14H2,1-2H3,(H,22,25)/p+1. The number of piperazine rings is 1. The highest BCUT2D eigenvalue weighted by Gasteiger charge is 2.31. The minimum absolute atomic E-state index is 0.155. The SMILES string of the molecule is Cc1ccc(S(=O)(=O)N2CC[NH+](CC(=O)Nc3ccccc3F)CC2)cc1C. The van der Waals surface area contributed by atoms with E-state index in [4.69, 9.17) is 0 Å². The fraction of sp³-hybridized carbons (Fsp3) is 0.350. The fourth-order valence-corrected chi connectivity index (χ4v) is 4.75. The van der Waals surface area contributed by atoms with Crippen LogP contribution in [0.15, 0.2) is 47.4 Å². The lowest BCUT2D eigenvalue weighted by Gasteiger charge is -2.31. The first-order valence-electron chi connectivity index (χ1n) is 9.23. The van der Waals surface area contributed by atoms with Crippen LogP contribution >= 0.6 is 0 Å². The number of aryl methyl sites for hydroxylation is 2. The average molecular weight is 407 g/mol. The van der Waals surface area contributed by atoms with Gasteiger partial charge in [0.1, 0.15) is 5.82 Å². The van der Waals surface area contributed by atoms with Crippen LogP contribution in [0.2, 0.25) is 0 Å². The summed E-state index contributed by atoms with van der Waals surface area (Å²) in [6, 6.07) is 11.2. The van der Waals surface area contributed by atoms with Gasteiger partial charge in [0.25, 0.3) is 5.91 Å². The summed E-state index contributed by atoms with van der Waals surface area (Å²) in [7, 11) is -3.54. The third-order valence-electron chi connectivity index (χ3n) is 5.10. The van der Waals surface area contributed by atoms with E-state index in [0.29, 0.717) is 31.1 Å². The summed E-state index contributed by atoms with van der Waals surface area (Å²) in [5.74, 6) is -0.763. The molecule has 0 saturated carbocycles. The number of carbonyl (C=O) groups excluding carboxylic acids is 1. The van der Waals surface area contributed by atoms with E-state index in [2.05, 4.69) is 5.32 Å². The summed E-state index contributed by atoms with van der Waals surface area (Å²) in [5, 5.41) is 2.57. The second-order valence-electron chi connectivity index (χ2n) is 7.10. The van der Waals surface area contributed by atoms with E-state index >= 15 is 0 Å². The van der Waals surface area contributed by atoms with Crippen LogP contribution in [-0.4, -0.2) is 51.4 Å². The Labute approximate surface area is 165 Å². The molecule has 2 N–H and O–H groups in total. The Morgan fingerprint density at radius 1 is 1.11 bits per heavy atom. The van der Waals surface area contributed by atoms with E-state index in [1.165, 1.54) is 16.4 Å². The first-order chi connectivity index (χ1) is 13.3. The summed E-state index contributed by atoms with van der Waals surface area (Å²) in [4.78, 5) is 13.4. The third kappa shape index (κ3) is 4.57. The molecule has 6 nitrogen and oxygen atoms in total. The van der Waals surface area contributed by atoms with Crippen molar-refractivity contribution in [2.75, 3.05) is 38.0 Å². The average Bonchev–Trinajstić information content (AvgIpc) is 2.66. The van der Waals surface area contributed by atoms with Gasteiger partial charge in [0.2, 0.25) is 10.0 Å². The Balaban J connectivity index is 1.57. The maximum absolute atomic E-state index is 13.6. The van der Waals surface area contributed by atoms with Crippen molar-refractivity contribution in [2.45, 2.75) is 18.7 Å². The van der Waals surface area contributed by atoms with E-state index in [1.807, 2.05) is 19.9 Å². The van der Waals surface area contributed by atoms with Gasteiger partial charge in [0, 0.05) is 0 Å². The van der Waals surface area contributed by atoms with E-state index < -0.39 is 15.8 Å². The van der Waals surface area contributed by atoms with Crippen LogP contribution in [0.25, 0.3) is 0 Å². The predicted octanol–water partition coefficient (Wildman–Crippen LogP) is 0.970. The quantitative estimate of drug-likeness (QED) is 0.778. The molecule has 0 atom stereocenters. The molecule has 3 rings (SSSR count). The molecule has 2 aromatic carbocycles. The van der Waals surface area contributed by atoms with E-state index in [-0.39, 0.29) is 18.1 Å². The predicted molar refractivity (Wildman–Crippen MR) is 105 cm³/mol. The lowest BCUT2D eigenvalue weighted by Crippen LogP contribution is -3.15. The molecule has 0 unspecified atom stereocenters. The number of para-hydroxylation sites is 1. The van der Waals surface area contributed by atoms with Crippen LogP contribution in [-0.2, 0) is 14.8 Å². The maximum Gasteiger partial charge on any atom is 0.279 e. The molecule has 28 heavy (non-hydrogen) atoms. The molecule has 150 valence electrons. The highest BCUT2D eigenvalue weighted by atomic mass is 32.2. The highest BCUT2D eigenvalue weighted by Crippen LogP contribution is 2.19. The second kappa shape index (κ2) is 8.38. The lowest BCUT2D eigenvalue weighted by atomic mass is 10.1. The number of nitrogens with zero attached hydrogens (tertiary/aromatic N) is 1. The van der Waals surface area contributed by atoms with Crippen molar-refractivity contribution < 1.29 is 22.5 Å². The molecule has 1 aliphatic heterocycles. The van der Waals surface area contributed by atoms with Crippen molar-refractivity contribution in [3.8, 4) is 0 Å². The smallest absolute Gasteiger partial charge is 0.279 e. The number of halogens is 1. The van der Waals surface area contributed by atoms with E-state index in [1.54, 1.807) is 24.3 Å². The number of rotatable bonds is 5. The van der Waals surface area contributed by atoms with Crippen molar-refractivity contribution in [2.24, 2.45) is 0 Å². The van der Waals surface area contributed by atoms with Crippen molar-refractivity contribution in [1.82, 2.24) is 4.31 Å². The van der Waals surface area contributed by atoms with Gasteiger partial charge in [-0.1, -0.05) is 18.2 Å². The number of quaternary nitrogens is 1. The summed E-state index contributed by atoms with van der Waals surface area (Å²) in [5.41, 5.74) is 2.15. The van der Waals surface area contributed by atoms with E-state index in [0.717, 1.165) is 16.0 Å². The van der Waals surface area contributed by atoms with Crippen molar-refractivity contribution >= 4 is 21.6 Å². The highest BCUT2D eigenvalue weighted by molar-refractivity contribution is 7.89. The summed E-state index contributed by atoms with van der Waals surface area (Å²) in [6.07, 6.45) is 0. The molecule has 0 aromatic heterocycles. The molecular weight excluding hydrogens is 381 g/mol. The topological polar surface area (TPSA) is 70.9 Å². The normalized spacial score (nSPS) is 16.1. The van der Waals surface area contributed by atoms with Gasteiger partial charge >= 0.3 is 0 Å². The Morgan fingerprint density at radius 2 is 1.79 bits per heavy atom. The zero-order valence-electron chi connectivity index (χ0n) is 16.0. The number of nitrogens with one attached hydrogen (secondary N) is 2. The molecule has 1 aliphatic rings. The maximum atomic E-state index is 13.6. The lowest BCUT2D eigenvalue weighted by molar-refractivity contribution is -0.895. The van der Waals surface area contributed by atoms with Gasteiger partial charge in [0.15, 0.2) is 6.54 Å². The summed E-state index contributed by atoms with van der Waals surface area (Å²) in [6.45, 7) is 5.75. The molecule has 1 amide bonds. The number of anilines is 1. The molecule has 8 heteroatoms. The van der Waals surface area contributed by atoms with Crippen molar-refractivity contribution in [3.05, 3.63) is 59.4 Å². The van der Waals surface area contributed by atoms with E-state index in [9.17, 15) is 17.6 Å². The van der Waals surface area contributed by atoms with Gasteiger partial charge in [-0.2, -0.15) is 4.31 Å². The molecule has 0 aliphatic carbocycles. The van der Waals surface area contributed by atoms with Gasteiger partial charge in [-0.05, 0) is 49.2 Å². The minimum atomic E-state index is -3.54. The minimum Gasteiger partial charge on any atom is -0.325 e. The van der Waals surface area contributed by atoms with Crippen LogP contribution in [0.5, 0.6) is 0 Å². The molecule has 1 fully saturated rings. The van der Waals surface area contributed by atoms with Gasteiger partial charge in [-0.3, -0.25) is 4.79 Å². The summed E-state index contributed by atoms with van der Waals surface area (Å²) < 4.78 is 40.8. The van der Waals surface area contributed by atoms with Crippen LogP contribution in [0.4, 0.5) is 10.1 Å². The Hall–Kier alpha value is -2.29. The summed E-state index contributed by atoms with van der Waals surface area (Å²) >= 11 is 0. The van der Waals surface area contributed by atoms with Crippen LogP contribution in [0.3, 0.4) is 0 Å². The monoisotopic (exact) mass is 406 g/mol. The molecule has 2 aromatic rings.